The van der Waals surface area contributed by atoms with Gasteiger partial charge in [-0.1, -0.05) is 6.92 Å². The van der Waals surface area contributed by atoms with Crippen molar-refractivity contribution in [3.05, 3.63) is 34.1 Å². The first-order valence-electron chi connectivity index (χ1n) is 5.35. The first kappa shape index (κ1) is 14.6. The van der Waals surface area contributed by atoms with Crippen LogP contribution in [0.1, 0.15) is 23.7 Å². The van der Waals surface area contributed by atoms with E-state index in [1.54, 1.807) is 6.92 Å². The minimum atomic E-state index is -0.911. The molecule has 1 atom stereocenters. The lowest BCUT2D eigenvalue weighted by Crippen LogP contribution is -2.29. The Morgan fingerprint density at radius 3 is 2.72 bits per heavy atom. The number of hydrogen-bond acceptors (Lipinski definition) is 2. The monoisotopic (exact) mass is 317 g/mol. The summed E-state index contributed by atoms with van der Waals surface area (Å²) in [7, 11) is 0. The molecule has 0 saturated heterocycles. The van der Waals surface area contributed by atoms with E-state index in [1.807, 2.05) is 0 Å². The number of carbonyl (C=O) groups excluding carboxylic acids is 1. The fourth-order valence-corrected chi connectivity index (χ4v) is 1.62. The van der Waals surface area contributed by atoms with E-state index in [9.17, 15) is 14.0 Å². The van der Waals surface area contributed by atoms with Gasteiger partial charge in [0.25, 0.3) is 5.91 Å². The molecule has 0 saturated carbocycles. The van der Waals surface area contributed by atoms with Gasteiger partial charge in [0.2, 0.25) is 0 Å². The highest BCUT2D eigenvalue weighted by molar-refractivity contribution is 9.10. The van der Waals surface area contributed by atoms with E-state index >= 15 is 0 Å². The van der Waals surface area contributed by atoms with Crippen LogP contribution in [-0.2, 0) is 4.79 Å². The van der Waals surface area contributed by atoms with Crippen molar-refractivity contribution in [2.75, 3.05) is 6.54 Å². The number of carboxylic acid groups (broad SMARTS) is 1. The summed E-state index contributed by atoms with van der Waals surface area (Å²) in [5.41, 5.74) is 0.207. The average molecular weight is 318 g/mol. The smallest absolute Gasteiger partial charge is 0.303 e. The predicted octanol–water partition coefficient (Wildman–Crippen LogP) is 2.43. The maximum Gasteiger partial charge on any atom is 0.303 e. The number of rotatable bonds is 5. The maximum absolute atomic E-state index is 13.2. The molecular weight excluding hydrogens is 305 g/mol. The van der Waals surface area contributed by atoms with E-state index in [-0.39, 0.29) is 24.4 Å². The minimum Gasteiger partial charge on any atom is -0.481 e. The van der Waals surface area contributed by atoms with Crippen LogP contribution >= 0.6 is 15.9 Å². The van der Waals surface area contributed by atoms with Crippen LogP contribution in [0.4, 0.5) is 4.39 Å². The second-order valence-electron chi connectivity index (χ2n) is 4.04. The largest absolute Gasteiger partial charge is 0.481 e. The number of halogens is 2. The molecule has 0 heterocycles. The second-order valence-corrected chi connectivity index (χ2v) is 4.90. The molecule has 6 heteroatoms. The molecule has 1 unspecified atom stereocenters. The Kier molecular flexibility index (Phi) is 5.27. The molecule has 0 fully saturated rings. The summed E-state index contributed by atoms with van der Waals surface area (Å²) in [6.07, 6.45) is -0.0189. The van der Waals surface area contributed by atoms with Gasteiger partial charge >= 0.3 is 5.97 Å². The van der Waals surface area contributed by atoms with Crippen LogP contribution in [0.25, 0.3) is 0 Å². The summed E-state index contributed by atoms with van der Waals surface area (Å²) < 4.78 is 13.5. The fourth-order valence-electron chi connectivity index (χ4n) is 1.38. The van der Waals surface area contributed by atoms with Crippen LogP contribution in [0.2, 0.25) is 0 Å². The van der Waals surface area contributed by atoms with Crippen LogP contribution in [-0.4, -0.2) is 23.5 Å². The molecule has 2 N–H and O–H groups in total. The average Bonchev–Trinajstić information content (AvgIpc) is 2.28. The Balaban J connectivity index is 2.55. The molecular formula is C12H13BrFNO3. The highest BCUT2D eigenvalue weighted by Gasteiger charge is 2.11. The quantitative estimate of drug-likeness (QED) is 0.876. The maximum atomic E-state index is 13.2. The molecule has 0 aliphatic heterocycles. The lowest BCUT2D eigenvalue weighted by Gasteiger charge is -2.10. The number of carbonyl (C=O) groups is 2. The van der Waals surface area contributed by atoms with Crippen LogP contribution < -0.4 is 5.32 Å². The van der Waals surface area contributed by atoms with E-state index in [0.29, 0.717) is 4.47 Å². The van der Waals surface area contributed by atoms with Gasteiger partial charge in [-0.05, 0) is 40.0 Å². The Labute approximate surface area is 112 Å². The zero-order valence-corrected chi connectivity index (χ0v) is 11.3. The molecule has 0 aliphatic rings. The summed E-state index contributed by atoms with van der Waals surface area (Å²) in [6.45, 7) is 1.96. The zero-order valence-electron chi connectivity index (χ0n) is 9.74. The van der Waals surface area contributed by atoms with Crippen LogP contribution in [0.3, 0.4) is 0 Å². The van der Waals surface area contributed by atoms with Crippen molar-refractivity contribution in [2.45, 2.75) is 13.3 Å². The predicted molar refractivity (Wildman–Crippen MR) is 67.9 cm³/mol. The molecule has 0 spiro atoms. The first-order valence-corrected chi connectivity index (χ1v) is 6.14. The van der Waals surface area contributed by atoms with Gasteiger partial charge in [0.1, 0.15) is 5.82 Å². The SMILES string of the molecule is CC(CNC(=O)c1ccc(Br)c(F)c1)CC(=O)O. The van der Waals surface area contributed by atoms with Gasteiger partial charge in [-0.3, -0.25) is 9.59 Å². The second kappa shape index (κ2) is 6.49. The number of nitrogens with one attached hydrogen (secondary N) is 1. The Hall–Kier alpha value is -1.43. The number of amides is 1. The highest BCUT2D eigenvalue weighted by Crippen LogP contribution is 2.16. The fraction of sp³-hybridized carbons (Fsp3) is 0.333. The number of hydrogen-bond donors (Lipinski definition) is 2. The molecule has 0 aliphatic carbocycles. The topological polar surface area (TPSA) is 66.4 Å². The van der Waals surface area contributed by atoms with Crippen LogP contribution in [0.5, 0.6) is 0 Å². The summed E-state index contributed by atoms with van der Waals surface area (Å²) in [5, 5.41) is 11.1. The van der Waals surface area contributed by atoms with Gasteiger partial charge in [-0.25, -0.2) is 4.39 Å². The summed E-state index contributed by atoms with van der Waals surface area (Å²) in [5.74, 6) is -2.02. The minimum absolute atomic E-state index is 0.0189. The first-order chi connectivity index (χ1) is 8.40. The van der Waals surface area contributed by atoms with E-state index < -0.39 is 17.7 Å². The van der Waals surface area contributed by atoms with Crippen molar-refractivity contribution in [3.63, 3.8) is 0 Å². The van der Waals surface area contributed by atoms with Crippen molar-refractivity contribution in [2.24, 2.45) is 5.92 Å². The van der Waals surface area contributed by atoms with E-state index in [4.69, 9.17) is 5.11 Å². The third-order valence-electron chi connectivity index (χ3n) is 2.32. The normalized spacial score (nSPS) is 11.9. The molecule has 0 bridgehead atoms. The molecule has 4 nitrogen and oxygen atoms in total. The standard InChI is InChI=1S/C12H13BrFNO3/c1-7(4-11(16)17)6-15-12(18)8-2-3-9(13)10(14)5-8/h2-3,5,7H,4,6H2,1H3,(H,15,18)(H,16,17). The Morgan fingerprint density at radius 2 is 2.17 bits per heavy atom. The lowest BCUT2D eigenvalue weighted by atomic mass is 10.1. The van der Waals surface area contributed by atoms with Gasteiger partial charge in [-0.2, -0.15) is 0 Å². The third kappa shape index (κ3) is 4.44. The number of carboxylic acids is 1. The molecule has 1 rings (SSSR count). The van der Waals surface area contributed by atoms with E-state index in [1.165, 1.54) is 12.1 Å². The molecule has 98 valence electrons. The van der Waals surface area contributed by atoms with Gasteiger partial charge in [0, 0.05) is 18.5 Å². The number of aliphatic carboxylic acids is 1. The third-order valence-corrected chi connectivity index (χ3v) is 2.96. The molecule has 0 aromatic heterocycles. The van der Waals surface area contributed by atoms with Gasteiger partial charge in [0.15, 0.2) is 0 Å². The highest BCUT2D eigenvalue weighted by atomic mass is 79.9. The summed E-state index contributed by atoms with van der Waals surface area (Å²) in [4.78, 5) is 22.1. The van der Waals surface area contributed by atoms with Crippen molar-refractivity contribution in [1.82, 2.24) is 5.32 Å². The van der Waals surface area contributed by atoms with Gasteiger partial charge < -0.3 is 10.4 Å². The lowest BCUT2D eigenvalue weighted by molar-refractivity contribution is -0.137. The molecule has 1 aromatic rings. The molecule has 0 radical (unpaired) electrons. The van der Waals surface area contributed by atoms with E-state index in [2.05, 4.69) is 21.2 Å². The Bertz CT molecular complexity index is 465. The number of benzene rings is 1. The summed E-state index contributed by atoms with van der Waals surface area (Å²) in [6, 6.07) is 4.07. The van der Waals surface area contributed by atoms with Gasteiger partial charge in [0.05, 0.1) is 4.47 Å². The Morgan fingerprint density at radius 1 is 1.50 bits per heavy atom. The zero-order chi connectivity index (χ0) is 13.7. The molecule has 1 amide bonds. The molecule has 18 heavy (non-hydrogen) atoms. The van der Waals surface area contributed by atoms with Crippen LogP contribution in [0.15, 0.2) is 22.7 Å². The summed E-state index contributed by atoms with van der Waals surface area (Å²) >= 11 is 3.00. The van der Waals surface area contributed by atoms with Crippen LogP contribution in [0, 0.1) is 11.7 Å². The molecule has 1 aromatic carbocycles. The van der Waals surface area contributed by atoms with Crippen molar-refractivity contribution in [1.29, 1.82) is 0 Å². The van der Waals surface area contributed by atoms with Crippen molar-refractivity contribution in [3.8, 4) is 0 Å². The van der Waals surface area contributed by atoms with Crippen molar-refractivity contribution >= 4 is 27.8 Å². The van der Waals surface area contributed by atoms with Gasteiger partial charge in [-0.15, -0.1) is 0 Å². The van der Waals surface area contributed by atoms with Crippen molar-refractivity contribution < 1.29 is 19.1 Å². The van der Waals surface area contributed by atoms with E-state index in [0.717, 1.165) is 6.07 Å².